The van der Waals surface area contributed by atoms with Crippen LogP contribution in [-0.4, -0.2) is 26.6 Å². The largest absolute Gasteiger partial charge is 0.294 e. The number of rotatable bonds is 4. The van der Waals surface area contributed by atoms with Crippen LogP contribution >= 0.6 is 0 Å². The summed E-state index contributed by atoms with van der Waals surface area (Å²) in [5.41, 5.74) is -0.536. The molecule has 2 aromatic carbocycles. The molecule has 2 aromatic rings. The minimum atomic E-state index is -3.70. The second-order valence-electron chi connectivity index (χ2n) is 4.82. The van der Waals surface area contributed by atoms with E-state index in [-0.39, 0.29) is 16.8 Å². The lowest BCUT2D eigenvalue weighted by Gasteiger charge is -2.17. The van der Waals surface area contributed by atoms with Crippen LogP contribution in [0.3, 0.4) is 0 Å². The van der Waals surface area contributed by atoms with Gasteiger partial charge in [-0.1, -0.05) is 6.07 Å². The second kappa shape index (κ2) is 5.92. The molecular formula is C14H12F2N2O4S. The van der Waals surface area contributed by atoms with E-state index in [1.54, 1.807) is 0 Å². The van der Waals surface area contributed by atoms with Crippen LogP contribution < -0.4 is 4.31 Å². The number of nitro groups is 1. The Morgan fingerprint density at radius 3 is 2.30 bits per heavy atom. The van der Waals surface area contributed by atoms with Crippen LogP contribution in [0.25, 0.3) is 11.1 Å². The van der Waals surface area contributed by atoms with E-state index in [0.29, 0.717) is 6.07 Å². The monoisotopic (exact) mass is 342 g/mol. The summed E-state index contributed by atoms with van der Waals surface area (Å²) in [6, 6.07) is 6.44. The first-order valence-corrected chi connectivity index (χ1v) is 8.14. The Hall–Kier alpha value is -2.55. The van der Waals surface area contributed by atoms with E-state index in [2.05, 4.69) is 0 Å². The van der Waals surface area contributed by atoms with Gasteiger partial charge in [-0.3, -0.25) is 14.4 Å². The van der Waals surface area contributed by atoms with Crippen molar-refractivity contribution in [3.05, 3.63) is 58.1 Å². The van der Waals surface area contributed by atoms with Crippen molar-refractivity contribution in [2.75, 3.05) is 17.6 Å². The summed E-state index contributed by atoms with van der Waals surface area (Å²) in [7, 11) is -2.52. The third-order valence-corrected chi connectivity index (χ3v) is 4.44. The standard InChI is InChI=1S/C14H12F2N2O4S/c1-17(23(2,21)22)13-6-3-9(7-14(13)18(19)20)11-5-4-10(15)8-12(11)16/h3-8H,1-2H3. The van der Waals surface area contributed by atoms with Crippen molar-refractivity contribution in [2.24, 2.45) is 0 Å². The number of halogens is 2. The molecule has 0 atom stereocenters. The summed E-state index contributed by atoms with van der Waals surface area (Å²) >= 11 is 0. The summed E-state index contributed by atoms with van der Waals surface area (Å²) < 4.78 is 50.6. The molecule has 0 aliphatic rings. The zero-order valence-corrected chi connectivity index (χ0v) is 13.0. The smallest absolute Gasteiger partial charge is 0.267 e. The molecule has 0 heterocycles. The summed E-state index contributed by atoms with van der Waals surface area (Å²) in [6.07, 6.45) is 0.907. The van der Waals surface area contributed by atoms with Crippen LogP contribution in [-0.2, 0) is 10.0 Å². The van der Waals surface area contributed by atoms with Gasteiger partial charge in [0.2, 0.25) is 10.0 Å². The zero-order valence-electron chi connectivity index (χ0n) is 12.2. The van der Waals surface area contributed by atoms with Crippen LogP contribution in [0.2, 0.25) is 0 Å². The summed E-state index contributed by atoms with van der Waals surface area (Å²) in [5.74, 6) is -1.64. The van der Waals surface area contributed by atoms with Crippen molar-refractivity contribution in [1.29, 1.82) is 0 Å². The fourth-order valence-corrected chi connectivity index (χ4v) is 2.52. The molecule has 0 saturated carbocycles. The molecule has 2 rings (SSSR count). The van der Waals surface area contributed by atoms with Gasteiger partial charge in [0, 0.05) is 24.7 Å². The Labute approximate surface area is 131 Å². The predicted octanol–water partition coefficient (Wildman–Crippen LogP) is 2.94. The highest BCUT2D eigenvalue weighted by Crippen LogP contribution is 2.34. The molecule has 0 bridgehead atoms. The molecule has 122 valence electrons. The number of nitro benzene ring substituents is 1. The van der Waals surface area contributed by atoms with E-state index in [1.807, 2.05) is 0 Å². The quantitative estimate of drug-likeness (QED) is 0.632. The Kier molecular flexibility index (Phi) is 4.33. The van der Waals surface area contributed by atoms with Crippen molar-refractivity contribution >= 4 is 21.4 Å². The summed E-state index contributed by atoms with van der Waals surface area (Å²) in [5, 5.41) is 11.2. The number of sulfonamides is 1. The van der Waals surface area contributed by atoms with E-state index in [9.17, 15) is 27.3 Å². The molecule has 0 spiro atoms. The minimum absolute atomic E-state index is 0.0249. The van der Waals surface area contributed by atoms with Gasteiger partial charge in [0.15, 0.2) is 0 Å². The molecular weight excluding hydrogens is 330 g/mol. The van der Waals surface area contributed by atoms with Crippen molar-refractivity contribution in [2.45, 2.75) is 0 Å². The molecule has 23 heavy (non-hydrogen) atoms. The van der Waals surface area contributed by atoms with Crippen LogP contribution in [0.1, 0.15) is 0 Å². The third kappa shape index (κ3) is 3.45. The van der Waals surface area contributed by atoms with Gasteiger partial charge >= 0.3 is 0 Å². The summed E-state index contributed by atoms with van der Waals surface area (Å²) in [4.78, 5) is 10.4. The first kappa shape index (κ1) is 16.8. The molecule has 0 aromatic heterocycles. The van der Waals surface area contributed by atoms with Crippen LogP contribution in [0.5, 0.6) is 0 Å². The molecule has 0 N–H and O–H groups in total. The Balaban J connectivity index is 2.63. The van der Waals surface area contributed by atoms with Gasteiger partial charge < -0.3 is 0 Å². The lowest BCUT2D eigenvalue weighted by Crippen LogP contribution is -2.25. The average molecular weight is 342 g/mol. The van der Waals surface area contributed by atoms with Gasteiger partial charge in [0.1, 0.15) is 17.3 Å². The Morgan fingerprint density at radius 1 is 1.13 bits per heavy atom. The van der Waals surface area contributed by atoms with Crippen LogP contribution in [0.4, 0.5) is 20.2 Å². The first-order valence-electron chi connectivity index (χ1n) is 6.29. The predicted molar refractivity (Wildman–Crippen MR) is 81.7 cm³/mol. The van der Waals surface area contributed by atoms with Crippen molar-refractivity contribution in [3.8, 4) is 11.1 Å². The number of anilines is 1. The highest BCUT2D eigenvalue weighted by Gasteiger charge is 2.23. The maximum Gasteiger partial charge on any atom is 0.294 e. The fourth-order valence-electron chi connectivity index (χ4n) is 2.01. The highest BCUT2D eigenvalue weighted by molar-refractivity contribution is 7.92. The van der Waals surface area contributed by atoms with E-state index < -0.39 is 32.3 Å². The van der Waals surface area contributed by atoms with Crippen molar-refractivity contribution in [3.63, 3.8) is 0 Å². The van der Waals surface area contributed by atoms with Crippen LogP contribution in [0, 0.1) is 21.7 Å². The lowest BCUT2D eigenvalue weighted by molar-refractivity contribution is -0.384. The number of benzene rings is 2. The molecule has 9 heteroatoms. The van der Waals surface area contributed by atoms with Gasteiger partial charge in [-0.05, 0) is 23.8 Å². The Morgan fingerprint density at radius 2 is 1.78 bits per heavy atom. The van der Waals surface area contributed by atoms with E-state index in [4.69, 9.17) is 0 Å². The number of hydrogen-bond donors (Lipinski definition) is 0. The number of nitrogens with zero attached hydrogens (tertiary/aromatic N) is 2. The van der Waals surface area contributed by atoms with E-state index in [1.165, 1.54) is 19.2 Å². The van der Waals surface area contributed by atoms with E-state index >= 15 is 0 Å². The van der Waals surface area contributed by atoms with Gasteiger partial charge in [0.05, 0.1) is 11.2 Å². The fraction of sp³-hybridized carbons (Fsp3) is 0.143. The lowest BCUT2D eigenvalue weighted by atomic mass is 10.0. The number of hydrogen-bond acceptors (Lipinski definition) is 4. The van der Waals surface area contributed by atoms with Gasteiger partial charge in [0.25, 0.3) is 5.69 Å². The van der Waals surface area contributed by atoms with E-state index in [0.717, 1.165) is 28.8 Å². The molecule has 0 aliphatic heterocycles. The SMILES string of the molecule is CN(c1ccc(-c2ccc(F)cc2F)cc1[N+](=O)[O-])S(C)(=O)=O. The van der Waals surface area contributed by atoms with Gasteiger partial charge in [-0.15, -0.1) is 0 Å². The molecule has 0 saturated heterocycles. The third-order valence-electron chi connectivity index (χ3n) is 3.25. The second-order valence-corrected chi connectivity index (χ2v) is 6.83. The molecule has 6 nitrogen and oxygen atoms in total. The Bertz CT molecular complexity index is 884. The molecule has 0 fully saturated rings. The molecule has 0 amide bonds. The highest BCUT2D eigenvalue weighted by atomic mass is 32.2. The first-order chi connectivity index (χ1) is 10.6. The van der Waals surface area contributed by atoms with Gasteiger partial charge in [-0.2, -0.15) is 0 Å². The zero-order chi connectivity index (χ0) is 17.4. The van der Waals surface area contributed by atoms with Crippen molar-refractivity contribution < 1.29 is 22.1 Å². The van der Waals surface area contributed by atoms with Crippen LogP contribution in [0.15, 0.2) is 36.4 Å². The average Bonchev–Trinajstić information content (AvgIpc) is 2.45. The minimum Gasteiger partial charge on any atom is -0.267 e. The maximum atomic E-state index is 13.8. The van der Waals surface area contributed by atoms with Crippen molar-refractivity contribution in [1.82, 2.24) is 0 Å². The molecule has 0 aliphatic carbocycles. The maximum absolute atomic E-state index is 13.8. The van der Waals surface area contributed by atoms with Gasteiger partial charge in [-0.25, -0.2) is 17.2 Å². The molecule has 0 radical (unpaired) electrons. The topological polar surface area (TPSA) is 80.5 Å². The molecule has 0 unspecified atom stereocenters. The summed E-state index contributed by atoms with van der Waals surface area (Å²) in [6.45, 7) is 0. The normalized spacial score (nSPS) is 11.3.